The summed E-state index contributed by atoms with van der Waals surface area (Å²) < 4.78 is 31.3. The number of sulfone groups is 1. The number of amides is 2. The summed E-state index contributed by atoms with van der Waals surface area (Å²) in [5.41, 5.74) is 0.877. The van der Waals surface area contributed by atoms with Crippen molar-refractivity contribution >= 4 is 21.8 Å². The van der Waals surface area contributed by atoms with Crippen LogP contribution in [0, 0.1) is 0 Å². The number of carbonyl (C=O) groups excluding carboxylic acids is 2. The molecule has 0 fully saturated rings. The molecule has 4 aromatic rings. The summed E-state index contributed by atoms with van der Waals surface area (Å²) >= 11 is 0. The zero-order chi connectivity index (χ0) is 31.6. The van der Waals surface area contributed by atoms with Crippen LogP contribution in [-0.4, -0.2) is 32.1 Å². The van der Waals surface area contributed by atoms with E-state index in [9.17, 15) is 18.0 Å². The summed E-state index contributed by atoms with van der Waals surface area (Å²) in [7, 11) is -3.77. The predicted octanol–water partition coefficient (Wildman–Crippen LogP) is 6.76. The Labute approximate surface area is 259 Å². The lowest BCUT2D eigenvalue weighted by Gasteiger charge is -2.37. The molecule has 7 nitrogen and oxygen atoms in total. The minimum Gasteiger partial charge on any atom is -0.444 e. The van der Waals surface area contributed by atoms with Crippen LogP contribution in [0.4, 0.5) is 4.79 Å². The Morgan fingerprint density at radius 3 is 1.59 bits per heavy atom. The van der Waals surface area contributed by atoms with Crippen molar-refractivity contribution in [2.75, 3.05) is 0 Å². The molecule has 0 unspecified atom stereocenters. The van der Waals surface area contributed by atoms with Crippen molar-refractivity contribution < 1.29 is 22.7 Å². The van der Waals surface area contributed by atoms with Crippen LogP contribution < -0.4 is 10.6 Å². The van der Waals surface area contributed by atoms with Crippen LogP contribution in [0.3, 0.4) is 0 Å². The largest absolute Gasteiger partial charge is 0.444 e. The molecule has 1 atom stereocenters. The van der Waals surface area contributed by atoms with Gasteiger partial charge in [0.15, 0.2) is 9.84 Å². The number of hydrogen-bond acceptors (Lipinski definition) is 5. The van der Waals surface area contributed by atoms with Crippen LogP contribution in [-0.2, 0) is 24.9 Å². The number of rotatable bonds is 11. The molecule has 228 valence electrons. The summed E-state index contributed by atoms with van der Waals surface area (Å²) in [5.74, 6) is -0.281. The Balaban J connectivity index is 1.63. The smallest absolute Gasteiger partial charge is 0.408 e. The van der Waals surface area contributed by atoms with Gasteiger partial charge in [-0.1, -0.05) is 115 Å². The second-order valence-corrected chi connectivity index (χ2v) is 13.2. The number of hydrogen-bond donors (Lipinski definition) is 2. The third-order valence-electron chi connectivity index (χ3n) is 6.89. The highest BCUT2D eigenvalue weighted by atomic mass is 32.2. The van der Waals surface area contributed by atoms with Crippen LogP contribution >= 0.6 is 0 Å². The molecule has 2 N–H and O–H groups in total. The first-order valence-electron chi connectivity index (χ1n) is 14.4. The van der Waals surface area contributed by atoms with Gasteiger partial charge in [-0.25, -0.2) is 13.2 Å². The van der Waals surface area contributed by atoms with E-state index < -0.39 is 33.1 Å². The molecule has 4 aromatic carbocycles. The van der Waals surface area contributed by atoms with Gasteiger partial charge in [-0.15, -0.1) is 0 Å². The van der Waals surface area contributed by atoms with Crippen LogP contribution in [0.5, 0.6) is 0 Å². The normalized spacial score (nSPS) is 12.8. The second-order valence-electron chi connectivity index (χ2n) is 11.4. The van der Waals surface area contributed by atoms with E-state index in [4.69, 9.17) is 4.74 Å². The van der Waals surface area contributed by atoms with Crippen LogP contribution in [0.15, 0.2) is 138 Å². The molecule has 0 aromatic heterocycles. The minimum atomic E-state index is -3.77. The molecule has 0 aliphatic rings. The lowest BCUT2D eigenvalue weighted by atomic mass is 9.77. The van der Waals surface area contributed by atoms with E-state index in [1.807, 2.05) is 91.0 Å². The van der Waals surface area contributed by atoms with Gasteiger partial charge in [0.25, 0.3) is 0 Å². The molecule has 0 radical (unpaired) electrons. The van der Waals surface area contributed by atoms with E-state index in [0.717, 1.165) is 22.1 Å². The predicted molar refractivity (Wildman–Crippen MR) is 173 cm³/mol. The molecule has 0 aliphatic carbocycles. The van der Waals surface area contributed by atoms with Crippen LogP contribution in [0.1, 0.15) is 50.3 Å². The summed E-state index contributed by atoms with van der Waals surface area (Å²) in [6.07, 6.45) is 0.792. The number of carbonyl (C=O) groups is 2. The number of ether oxygens (including phenoxy) is 1. The van der Waals surface area contributed by atoms with Gasteiger partial charge in [-0.05, 0) is 56.0 Å². The highest BCUT2D eigenvalue weighted by molar-refractivity contribution is 7.94. The molecule has 0 spiro atoms. The topological polar surface area (TPSA) is 102 Å². The van der Waals surface area contributed by atoms with E-state index in [-0.39, 0.29) is 23.6 Å². The maximum Gasteiger partial charge on any atom is 0.408 e. The third-order valence-corrected chi connectivity index (χ3v) is 8.34. The van der Waals surface area contributed by atoms with Crippen molar-refractivity contribution in [3.8, 4) is 0 Å². The molecule has 8 heteroatoms. The van der Waals surface area contributed by atoms with E-state index in [1.54, 1.807) is 39.0 Å². The summed E-state index contributed by atoms with van der Waals surface area (Å²) in [4.78, 5) is 26.6. The molecule has 2 amide bonds. The zero-order valence-electron chi connectivity index (χ0n) is 25.1. The SMILES string of the molecule is CC(C)(C)OC(=O)N[C@H](/C=C/S(=O)(=O)c1ccccc1)CCC(=O)NC(c1ccccc1)(c1ccccc1)c1ccccc1. The molecule has 0 aliphatic heterocycles. The van der Waals surface area contributed by atoms with Crippen molar-refractivity contribution in [1.29, 1.82) is 0 Å². The maximum absolute atomic E-state index is 13.8. The van der Waals surface area contributed by atoms with Crippen molar-refractivity contribution in [1.82, 2.24) is 10.6 Å². The molecule has 0 saturated carbocycles. The molecular formula is C36H38N2O5S. The summed E-state index contributed by atoms with van der Waals surface area (Å²) in [6.45, 7) is 5.21. The molecule has 4 rings (SSSR count). The average Bonchev–Trinajstić information content (AvgIpc) is 3.02. The zero-order valence-corrected chi connectivity index (χ0v) is 26.0. The standard InChI is InChI=1S/C36H38N2O5S/c1-35(2,3)43-34(40)37-31(26-27-44(41,42)32-22-14-7-15-23-32)24-25-33(39)38-36(28-16-8-4-9-17-28,29-18-10-5-11-19-29)30-20-12-6-13-21-30/h4-23,26-27,31H,24-25H2,1-3H3,(H,37,40)(H,38,39)/b27-26+/t31-/m0/s1. The first-order chi connectivity index (χ1) is 21.0. The van der Waals surface area contributed by atoms with Gasteiger partial charge in [0.1, 0.15) is 11.1 Å². The first kappa shape index (κ1) is 32.2. The highest BCUT2D eigenvalue weighted by Gasteiger charge is 2.37. The van der Waals surface area contributed by atoms with Gasteiger partial charge >= 0.3 is 6.09 Å². The van der Waals surface area contributed by atoms with Crippen LogP contribution in [0.2, 0.25) is 0 Å². The van der Waals surface area contributed by atoms with Gasteiger partial charge in [0, 0.05) is 11.8 Å². The van der Waals surface area contributed by atoms with E-state index in [2.05, 4.69) is 10.6 Å². The Kier molecular flexibility index (Phi) is 10.4. The molecule has 44 heavy (non-hydrogen) atoms. The highest BCUT2D eigenvalue weighted by Crippen LogP contribution is 2.37. The fraction of sp³-hybridized carbons (Fsp3) is 0.222. The fourth-order valence-electron chi connectivity index (χ4n) is 4.90. The third kappa shape index (κ3) is 8.45. The van der Waals surface area contributed by atoms with E-state index in [1.165, 1.54) is 18.2 Å². The first-order valence-corrected chi connectivity index (χ1v) is 16.0. The van der Waals surface area contributed by atoms with Crippen molar-refractivity contribution in [3.05, 3.63) is 150 Å². The fourth-order valence-corrected chi connectivity index (χ4v) is 5.99. The van der Waals surface area contributed by atoms with E-state index in [0.29, 0.717) is 0 Å². The van der Waals surface area contributed by atoms with Crippen molar-refractivity contribution in [2.24, 2.45) is 0 Å². The minimum absolute atomic E-state index is 0.00948. The van der Waals surface area contributed by atoms with Gasteiger partial charge < -0.3 is 15.4 Å². The van der Waals surface area contributed by atoms with Crippen molar-refractivity contribution in [2.45, 2.75) is 55.7 Å². The van der Waals surface area contributed by atoms with Gasteiger partial charge in [-0.3, -0.25) is 4.79 Å². The molecule has 0 bridgehead atoms. The van der Waals surface area contributed by atoms with Gasteiger partial charge in [0.2, 0.25) is 5.91 Å². The molecular weight excluding hydrogens is 572 g/mol. The number of benzene rings is 4. The Bertz CT molecular complexity index is 1550. The van der Waals surface area contributed by atoms with Crippen LogP contribution in [0.25, 0.3) is 0 Å². The van der Waals surface area contributed by atoms with E-state index >= 15 is 0 Å². The Morgan fingerprint density at radius 1 is 0.727 bits per heavy atom. The molecule has 0 heterocycles. The molecule has 0 saturated heterocycles. The summed E-state index contributed by atoms with van der Waals surface area (Å²) in [6, 6.07) is 36.4. The average molecular weight is 611 g/mol. The quantitative estimate of drug-likeness (QED) is 0.183. The second kappa shape index (κ2) is 14.2. The monoisotopic (exact) mass is 610 g/mol. The summed E-state index contributed by atoms with van der Waals surface area (Å²) in [5, 5.41) is 7.08. The number of alkyl carbamates (subject to hydrolysis) is 1. The maximum atomic E-state index is 13.8. The van der Waals surface area contributed by atoms with Gasteiger partial charge in [0.05, 0.1) is 10.9 Å². The number of nitrogens with one attached hydrogen (secondary N) is 2. The lowest BCUT2D eigenvalue weighted by Crippen LogP contribution is -2.48. The lowest BCUT2D eigenvalue weighted by molar-refractivity contribution is -0.122. The Morgan fingerprint density at radius 2 is 1.16 bits per heavy atom. The Hall–Kier alpha value is -4.69. The van der Waals surface area contributed by atoms with Gasteiger partial charge in [-0.2, -0.15) is 0 Å². The van der Waals surface area contributed by atoms with Crippen molar-refractivity contribution in [3.63, 3.8) is 0 Å².